The molecular formula is C22H22FN3O2. The van der Waals surface area contributed by atoms with E-state index in [1.807, 2.05) is 26.1 Å². The van der Waals surface area contributed by atoms with Gasteiger partial charge >= 0.3 is 0 Å². The number of nitrogens with zero attached hydrogens (tertiary/aromatic N) is 2. The number of Topliss-reactive ketones (excluding diaryl/α,β-unsaturated/α-hetero) is 1. The van der Waals surface area contributed by atoms with E-state index in [0.29, 0.717) is 17.0 Å². The van der Waals surface area contributed by atoms with Crippen molar-refractivity contribution in [3.63, 3.8) is 0 Å². The van der Waals surface area contributed by atoms with Gasteiger partial charge in [-0.25, -0.2) is 9.37 Å². The second kappa shape index (κ2) is 8.61. The lowest BCUT2D eigenvalue weighted by molar-refractivity contribution is -0.121. The van der Waals surface area contributed by atoms with Gasteiger partial charge in [0.15, 0.2) is 5.78 Å². The molecule has 1 amide bonds. The lowest BCUT2D eigenvalue weighted by Crippen LogP contribution is -2.31. The molecule has 28 heavy (non-hydrogen) atoms. The van der Waals surface area contributed by atoms with Crippen LogP contribution in [0.3, 0.4) is 0 Å². The molecule has 1 atom stereocenters. The number of carbonyl (C=O) groups excluding carboxylic acids is 2. The molecule has 1 N–H and O–H groups in total. The van der Waals surface area contributed by atoms with Crippen LogP contribution in [0.1, 0.15) is 46.2 Å². The Morgan fingerprint density at radius 1 is 1.07 bits per heavy atom. The summed E-state index contributed by atoms with van der Waals surface area (Å²) in [5.74, 6) is -0.0644. The van der Waals surface area contributed by atoms with Crippen molar-refractivity contribution in [2.45, 2.75) is 25.8 Å². The summed E-state index contributed by atoms with van der Waals surface area (Å²) in [7, 11) is 1.83. The highest BCUT2D eigenvalue weighted by Gasteiger charge is 2.21. The zero-order valence-corrected chi connectivity index (χ0v) is 15.9. The number of hydrogen-bond donors (Lipinski definition) is 1. The van der Waals surface area contributed by atoms with Crippen LogP contribution in [0.15, 0.2) is 60.9 Å². The molecule has 1 heterocycles. The maximum Gasteiger partial charge on any atom is 0.221 e. The topological polar surface area (TPSA) is 64.0 Å². The number of imidazole rings is 1. The minimum atomic E-state index is -0.525. The van der Waals surface area contributed by atoms with E-state index in [4.69, 9.17) is 0 Å². The summed E-state index contributed by atoms with van der Waals surface area (Å²) in [6.07, 6.45) is 3.60. The van der Waals surface area contributed by atoms with Crippen LogP contribution >= 0.6 is 0 Å². The van der Waals surface area contributed by atoms with Crippen molar-refractivity contribution in [3.8, 4) is 0 Å². The number of rotatable bonds is 7. The van der Waals surface area contributed by atoms with Crippen LogP contribution in [0.2, 0.25) is 0 Å². The molecular weight excluding hydrogens is 357 g/mol. The van der Waals surface area contributed by atoms with Crippen molar-refractivity contribution in [1.29, 1.82) is 0 Å². The van der Waals surface area contributed by atoms with Gasteiger partial charge in [-0.15, -0.1) is 0 Å². The number of ketones is 1. The van der Waals surface area contributed by atoms with Crippen LogP contribution in [-0.2, 0) is 11.8 Å². The van der Waals surface area contributed by atoms with Crippen LogP contribution in [-0.4, -0.2) is 21.2 Å². The van der Waals surface area contributed by atoms with Crippen LogP contribution in [0.25, 0.3) is 0 Å². The van der Waals surface area contributed by atoms with Crippen molar-refractivity contribution in [1.82, 2.24) is 14.9 Å². The zero-order valence-electron chi connectivity index (χ0n) is 15.9. The predicted octanol–water partition coefficient (Wildman–Crippen LogP) is 3.74. The van der Waals surface area contributed by atoms with Gasteiger partial charge < -0.3 is 9.88 Å². The molecule has 0 aliphatic rings. The molecule has 0 aliphatic heterocycles. The molecule has 0 radical (unpaired) electrons. The second-order valence-electron chi connectivity index (χ2n) is 6.74. The fraction of sp³-hybridized carbons (Fsp3) is 0.227. The van der Waals surface area contributed by atoms with E-state index >= 15 is 0 Å². The Balaban J connectivity index is 1.69. The third-order valence-corrected chi connectivity index (χ3v) is 4.58. The molecule has 1 aromatic heterocycles. The molecule has 1 unspecified atom stereocenters. The van der Waals surface area contributed by atoms with E-state index in [1.165, 1.54) is 12.1 Å². The standard InChI is InChI=1S/C22H22FN3O2/c1-15-3-5-16(6-4-15)19(27)11-12-20(28)25-21(22-24-13-14-26(22)2)17-7-9-18(23)10-8-17/h3-10,13-14,21H,11-12H2,1-2H3,(H,25,28). The summed E-state index contributed by atoms with van der Waals surface area (Å²) in [5, 5.41) is 2.92. The van der Waals surface area contributed by atoms with Crippen LogP contribution in [0, 0.1) is 12.7 Å². The minimum Gasteiger partial charge on any atom is -0.342 e. The number of aromatic nitrogens is 2. The maximum atomic E-state index is 13.3. The van der Waals surface area contributed by atoms with Crippen molar-refractivity contribution in [3.05, 3.63) is 89.3 Å². The zero-order chi connectivity index (χ0) is 20.1. The van der Waals surface area contributed by atoms with Crippen LogP contribution in [0.5, 0.6) is 0 Å². The third kappa shape index (κ3) is 4.71. The Morgan fingerprint density at radius 3 is 2.36 bits per heavy atom. The van der Waals surface area contributed by atoms with E-state index in [9.17, 15) is 14.0 Å². The van der Waals surface area contributed by atoms with Gasteiger partial charge in [0.25, 0.3) is 0 Å². The summed E-state index contributed by atoms with van der Waals surface area (Å²) in [5.41, 5.74) is 2.39. The second-order valence-corrected chi connectivity index (χ2v) is 6.74. The molecule has 0 spiro atoms. The first-order valence-electron chi connectivity index (χ1n) is 9.06. The molecule has 0 aliphatic carbocycles. The number of hydrogen-bond acceptors (Lipinski definition) is 3. The minimum absolute atomic E-state index is 0.0643. The van der Waals surface area contributed by atoms with Gasteiger partial charge in [-0.1, -0.05) is 42.0 Å². The largest absolute Gasteiger partial charge is 0.342 e. The third-order valence-electron chi connectivity index (χ3n) is 4.58. The SMILES string of the molecule is Cc1ccc(C(=O)CCC(=O)NC(c2ccc(F)cc2)c2nccn2C)cc1. The lowest BCUT2D eigenvalue weighted by Gasteiger charge is -2.19. The summed E-state index contributed by atoms with van der Waals surface area (Å²) in [6.45, 7) is 1.95. The Hall–Kier alpha value is -3.28. The van der Waals surface area contributed by atoms with Crippen molar-refractivity contribution in [2.75, 3.05) is 0 Å². The van der Waals surface area contributed by atoms with Crippen LogP contribution in [0.4, 0.5) is 4.39 Å². The first-order valence-corrected chi connectivity index (χ1v) is 9.06. The fourth-order valence-corrected chi connectivity index (χ4v) is 2.95. The molecule has 144 valence electrons. The highest BCUT2D eigenvalue weighted by atomic mass is 19.1. The molecule has 6 heteroatoms. The Bertz CT molecular complexity index is 962. The first-order chi connectivity index (χ1) is 13.4. The molecule has 3 rings (SSSR count). The Kier molecular flexibility index (Phi) is 5.99. The average Bonchev–Trinajstić information content (AvgIpc) is 3.11. The van der Waals surface area contributed by atoms with Gasteiger partial charge in [-0.3, -0.25) is 9.59 Å². The molecule has 0 fully saturated rings. The Labute approximate surface area is 163 Å². The highest BCUT2D eigenvalue weighted by molar-refractivity contribution is 5.98. The summed E-state index contributed by atoms with van der Waals surface area (Å²) in [4.78, 5) is 29.1. The molecule has 0 saturated heterocycles. The van der Waals surface area contributed by atoms with E-state index in [2.05, 4.69) is 10.3 Å². The number of nitrogens with one attached hydrogen (secondary N) is 1. The number of aryl methyl sites for hydroxylation is 2. The van der Waals surface area contributed by atoms with Gasteiger partial charge in [0, 0.05) is 37.8 Å². The van der Waals surface area contributed by atoms with E-state index < -0.39 is 6.04 Å². The summed E-state index contributed by atoms with van der Waals surface area (Å²) < 4.78 is 15.1. The van der Waals surface area contributed by atoms with E-state index in [0.717, 1.165) is 5.56 Å². The first kappa shape index (κ1) is 19.5. The molecule has 0 saturated carbocycles. The monoisotopic (exact) mass is 379 g/mol. The van der Waals surface area contributed by atoms with E-state index in [1.54, 1.807) is 41.2 Å². The summed E-state index contributed by atoms with van der Waals surface area (Å²) >= 11 is 0. The van der Waals surface area contributed by atoms with Gasteiger partial charge in [0.2, 0.25) is 5.91 Å². The van der Waals surface area contributed by atoms with Gasteiger partial charge in [0.1, 0.15) is 17.7 Å². The molecule has 5 nitrogen and oxygen atoms in total. The number of benzene rings is 2. The van der Waals surface area contributed by atoms with Gasteiger partial charge in [-0.05, 0) is 24.6 Å². The molecule has 0 bridgehead atoms. The average molecular weight is 379 g/mol. The maximum absolute atomic E-state index is 13.3. The highest BCUT2D eigenvalue weighted by Crippen LogP contribution is 2.21. The summed E-state index contributed by atoms with van der Waals surface area (Å²) in [6, 6.07) is 12.7. The van der Waals surface area contributed by atoms with Crippen molar-refractivity contribution < 1.29 is 14.0 Å². The lowest BCUT2D eigenvalue weighted by atomic mass is 10.0. The quantitative estimate of drug-likeness (QED) is 0.636. The molecule has 3 aromatic rings. The van der Waals surface area contributed by atoms with Crippen LogP contribution < -0.4 is 5.32 Å². The van der Waals surface area contributed by atoms with E-state index in [-0.39, 0.29) is 30.3 Å². The fourth-order valence-electron chi connectivity index (χ4n) is 2.95. The van der Waals surface area contributed by atoms with Gasteiger partial charge in [0.05, 0.1) is 0 Å². The predicted molar refractivity (Wildman–Crippen MR) is 104 cm³/mol. The van der Waals surface area contributed by atoms with Crippen molar-refractivity contribution >= 4 is 11.7 Å². The van der Waals surface area contributed by atoms with Gasteiger partial charge in [-0.2, -0.15) is 0 Å². The number of amides is 1. The number of carbonyl (C=O) groups is 2. The van der Waals surface area contributed by atoms with Crippen molar-refractivity contribution in [2.24, 2.45) is 7.05 Å². The Morgan fingerprint density at radius 2 is 1.75 bits per heavy atom. The number of halogens is 1. The normalized spacial score (nSPS) is 11.8. The smallest absolute Gasteiger partial charge is 0.221 e. The molecule has 2 aromatic carbocycles.